The van der Waals surface area contributed by atoms with Crippen LogP contribution in [-0.2, 0) is 4.79 Å². The molecule has 0 unspecified atom stereocenters. The molecule has 0 aliphatic carbocycles. The standard InChI is InChI=1S/C20H24N2O2/c1-24-18-12-8-11-17(15-18)21-20(23)19(16-9-4-2-5-10-16)22-13-6-3-7-14-22/h2,4-5,8-12,15,19H,3,6-7,13-14H2,1H3,(H,21,23)/t19-/m1/s1. The van der Waals surface area contributed by atoms with Gasteiger partial charge in [0, 0.05) is 11.8 Å². The van der Waals surface area contributed by atoms with E-state index in [0.29, 0.717) is 0 Å². The van der Waals surface area contributed by atoms with E-state index in [9.17, 15) is 4.79 Å². The summed E-state index contributed by atoms with van der Waals surface area (Å²) in [6, 6.07) is 17.3. The molecule has 0 aromatic heterocycles. The summed E-state index contributed by atoms with van der Waals surface area (Å²) in [5.41, 5.74) is 1.80. The highest BCUT2D eigenvalue weighted by molar-refractivity contribution is 5.95. The van der Waals surface area contributed by atoms with Gasteiger partial charge in [0.1, 0.15) is 11.8 Å². The number of anilines is 1. The summed E-state index contributed by atoms with van der Waals surface area (Å²) in [6.07, 6.45) is 3.54. The van der Waals surface area contributed by atoms with Crippen LogP contribution in [0.5, 0.6) is 5.75 Å². The van der Waals surface area contributed by atoms with Crippen molar-refractivity contribution < 1.29 is 9.53 Å². The van der Waals surface area contributed by atoms with E-state index in [1.165, 1.54) is 6.42 Å². The monoisotopic (exact) mass is 324 g/mol. The molecule has 1 aliphatic rings. The maximum absolute atomic E-state index is 13.0. The number of rotatable bonds is 5. The van der Waals surface area contributed by atoms with Gasteiger partial charge in [0.25, 0.3) is 0 Å². The Morgan fingerprint density at radius 1 is 1.04 bits per heavy atom. The highest BCUT2D eigenvalue weighted by Gasteiger charge is 2.28. The SMILES string of the molecule is COc1cccc(NC(=O)[C@@H](c2ccccc2)N2CCCCC2)c1. The number of amides is 1. The van der Waals surface area contributed by atoms with E-state index < -0.39 is 0 Å². The Bertz CT molecular complexity index is 666. The van der Waals surface area contributed by atoms with Gasteiger partial charge in [-0.25, -0.2) is 0 Å². The summed E-state index contributed by atoms with van der Waals surface area (Å²) in [4.78, 5) is 15.3. The molecular formula is C20H24N2O2. The number of carbonyl (C=O) groups is 1. The summed E-state index contributed by atoms with van der Waals surface area (Å²) < 4.78 is 5.24. The lowest BCUT2D eigenvalue weighted by molar-refractivity contribution is -0.122. The zero-order valence-corrected chi connectivity index (χ0v) is 14.1. The molecule has 0 saturated carbocycles. The number of piperidine rings is 1. The van der Waals surface area contributed by atoms with E-state index in [0.717, 1.165) is 42.9 Å². The van der Waals surface area contributed by atoms with Crippen molar-refractivity contribution >= 4 is 11.6 Å². The zero-order valence-electron chi connectivity index (χ0n) is 14.1. The molecule has 1 amide bonds. The first-order valence-electron chi connectivity index (χ1n) is 8.52. The molecule has 1 heterocycles. The lowest BCUT2D eigenvalue weighted by Gasteiger charge is -2.34. The molecule has 3 rings (SSSR count). The summed E-state index contributed by atoms with van der Waals surface area (Å²) in [5, 5.41) is 3.05. The van der Waals surface area contributed by atoms with Gasteiger partial charge in [0.15, 0.2) is 0 Å². The van der Waals surface area contributed by atoms with E-state index in [-0.39, 0.29) is 11.9 Å². The molecule has 126 valence electrons. The topological polar surface area (TPSA) is 41.6 Å². The number of hydrogen-bond acceptors (Lipinski definition) is 3. The molecule has 0 radical (unpaired) electrons. The Kier molecular flexibility index (Phi) is 5.49. The van der Waals surface area contributed by atoms with Crippen molar-refractivity contribution in [2.24, 2.45) is 0 Å². The van der Waals surface area contributed by atoms with Gasteiger partial charge in [0.2, 0.25) is 5.91 Å². The van der Waals surface area contributed by atoms with Crippen LogP contribution in [-0.4, -0.2) is 31.0 Å². The van der Waals surface area contributed by atoms with Crippen molar-refractivity contribution in [2.75, 3.05) is 25.5 Å². The molecule has 2 aromatic carbocycles. The number of methoxy groups -OCH3 is 1. The van der Waals surface area contributed by atoms with Crippen LogP contribution >= 0.6 is 0 Å². The normalized spacial score (nSPS) is 16.4. The first-order valence-corrected chi connectivity index (χ1v) is 8.52. The lowest BCUT2D eigenvalue weighted by atomic mass is 10.0. The molecule has 0 bridgehead atoms. The molecule has 1 aliphatic heterocycles. The Morgan fingerprint density at radius 2 is 1.79 bits per heavy atom. The minimum Gasteiger partial charge on any atom is -0.497 e. The third-order valence-electron chi connectivity index (χ3n) is 4.46. The summed E-state index contributed by atoms with van der Waals surface area (Å²) >= 11 is 0. The second-order valence-electron chi connectivity index (χ2n) is 6.13. The van der Waals surface area contributed by atoms with Crippen molar-refractivity contribution in [3.05, 3.63) is 60.2 Å². The smallest absolute Gasteiger partial charge is 0.246 e. The van der Waals surface area contributed by atoms with Crippen LogP contribution in [0.1, 0.15) is 30.9 Å². The van der Waals surface area contributed by atoms with Crippen molar-refractivity contribution in [3.63, 3.8) is 0 Å². The third kappa shape index (κ3) is 3.95. The maximum Gasteiger partial charge on any atom is 0.246 e. The van der Waals surface area contributed by atoms with E-state index in [1.807, 2.05) is 54.6 Å². The summed E-state index contributed by atoms with van der Waals surface area (Å²) in [7, 11) is 1.63. The molecule has 0 spiro atoms. The molecule has 1 fully saturated rings. The molecule has 4 heteroatoms. The number of nitrogens with one attached hydrogen (secondary N) is 1. The maximum atomic E-state index is 13.0. The first-order chi connectivity index (χ1) is 11.8. The van der Waals surface area contributed by atoms with Crippen LogP contribution in [0.4, 0.5) is 5.69 Å². The van der Waals surface area contributed by atoms with Crippen LogP contribution in [0.15, 0.2) is 54.6 Å². The van der Waals surface area contributed by atoms with Gasteiger partial charge in [-0.1, -0.05) is 42.8 Å². The van der Waals surface area contributed by atoms with Gasteiger partial charge in [-0.15, -0.1) is 0 Å². The lowest BCUT2D eigenvalue weighted by Crippen LogP contribution is -2.40. The van der Waals surface area contributed by atoms with Gasteiger partial charge in [-0.2, -0.15) is 0 Å². The van der Waals surface area contributed by atoms with E-state index in [1.54, 1.807) is 7.11 Å². The highest BCUT2D eigenvalue weighted by atomic mass is 16.5. The minimum absolute atomic E-state index is 0.0105. The van der Waals surface area contributed by atoms with Crippen molar-refractivity contribution in [1.82, 2.24) is 4.90 Å². The van der Waals surface area contributed by atoms with Gasteiger partial charge >= 0.3 is 0 Å². The second kappa shape index (κ2) is 7.97. The predicted octanol–water partition coefficient (Wildman–Crippen LogP) is 3.86. The van der Waals surface area contributed by atoms with Gasteiger partial charge in [-0.05, 0) is 43.6 Å². The molecule has 1 N–H and O–H groups in total. The zero-order chi connectivity index (χ0) is 16.8. The van der Waals surface area contributed by atoms with Gasteiger partial charge in [-0.3, -0.25) is 9.69 Å². The fourth-order valence-electron chi connectivity index (χ4n) is 3.25. The second-order valence-corrected chi connectivity index (χ2v) is 6.13. The molecule has 24 heavy (non-hydrogen) atoms. The van der Waals surface area contributed by atoms with Crippen LogP contribution in [0.3, 0.4) is 0 Å². The van der Waals surface area contributed by atoms with E-state index in [2.05, 4.69) is 10.2 Å². The van der Waals surface area contributed by atoms with Crippen molar-refractivity contribution in [1.29, 1.82) is 0 Å². The molecular weight excluding hydrogens is 300 g/mol. The number of benzene rings is 2. The largest absolute Gasteiger partial charge is 0.497 e. The van der Waals surface area contributed by atoms with Crippen molar-refractivity contribution in [3.8, 4) is 5.75 Å². The fraction of sp³-hybridized carbons (Fsp3) is 0.350. The van der Waals surface area contributed by atoms with Gasteiger partial charge < -0.3 is 10.1 Å². The minimum atomic E-state index is -0.252. The number of nitrogens with zero attached hydrogens (tertiary/aromatic N) is 1. The van der Waals surface area contributed by atoms with E-state index in [4.69, 9.17) is 4.74 Å². The summed E-state index contributed by atoms with van der Waals surface area (Å²) in [6.45, 7) is 1.93. The molecule has 1 atom stereocenters. The Morgan fingerprint density at radius 3 is 2.50 bits per heavy atom. The van der Waals surface area contributed by atoms with Crippen LogP contribution < -0.4 is 10.1 Å². The third-order valence-corrected chi connectivity index (χ3v) is 4.46. The highest BCUT2D eigenvalue weighted by Crippen LogP contribution is 2.27. The number of likely N-dealkylation sites (tertiary alicyclic amines) is 1. The number of ether oxygens (including phenoxy) is 1. The quantitative estimate of drug-likeness (QED) is 0.908. The molecule has 4 nitrogen and oxygen atoms in total. The predicted molar refractivity (Wildman–Crippen MR) is 96.2 cm³/mol. The number of hydrogen-bond donors (Lipinski definition) is 1. The first kappa shape index (κ1) is 16.5. The van der Waals surface area contributed by atoms with Crippen LogP contribution in [0.25, 0.3) is 0 Å². The molecule has 1 saturated heterocycles. The average molecular weight is 324 g/mol. The summed E-state index contributed by atoms with van der Waals surface area (Å²) in [5.74, 6) is 0.749. The fourth-order valence-corrected chi connectivity index (χ4v) is 3.25. The Hall–Kier alpha value is -2.33. The van der Waals surface area contributed by atoms with Crippen molar-refractivity contribution in [2.45, 2.75) is 25.3 Å². The Labute approximate surface area is 143 Å². The number of carbonyl (C=O) groups excluding carboxylic acids is 1. The van der Waals surface area contributed by atoms with Crippen LogP contribution in [0, 0.1) is 0 Å². The molecule has 2 aromatic rings. The van der Waals surface area contributed by atoms with Gasteiger partial charge in [0.05, 0.1) is 7.11 Å². The average Bonchev–Trinajstić information content (AvgIpc) is 2.64. The van der Waals surface area contributed by atoms with Crippen LogP contribution in [0.2, 0.25) is 0 Å². The van der Waals surface area contributed by atoms with E-state index >= 15 is 0 Å². The Balaban J connectivity index is 1.82.